The summed E-state index contributed by atoms with van der Waals surface area (Å²) in [4.78, 5) is 29.9. The highest BCUT2D eigenvalue weighted by Crippen LogP contribution is 2.38. The Balaban J connectivity index is 0.000000473. The van der Waals surface area contributed by atoms with Crippen LogP contribution in [-0.4, -0.2) is 114 Å². The number of nitro groups is 2. The minimum Gasteiger partial charge on any atom is -0.383 e. The Morgan fingerprint density at radius 3 is 1.74 bits per heavy atom. The van der Waals surface area contributed by atoms with Crippen LogP contribution in [0.4, 0.5) is 54.8 Å². The van der Waals surface area contributed by atoms with Crippen LogP contribution in [0.3, 0.4) is 0 Å². The molecule has 19 heteroatoms. The van der Waals surface area contributed by atoms with Crippen LogP contribution in [0.1, 0.15) is 68.7 Å². The van der Waals surface area contributed by atoms with Gasteiger partial charge in [-0.25, -0.2) is 0 Å². The number of hydrogen-bond acceptors (Lipinski definition) is 11. The average Bonchev–Trinajstić information content (AvgIpc) is 3.20. The third-order valence-electron chi connectivity index (χ3n) is 9.70. The van der Waals surface area contributed by atoms with E-state index in [1.807, 2.05) is 45.2 Å². The summed E-state index contributed by atoms with van der Waals surface area (Å²) in [7, 11) is 10.8. The maximum atomic E-state index is 13.2. The summed E-state index contributed by atoms with van der Waals surface area (Å²) in [5, 5.41) is 30.3. The Kier molecular flexibility index (Phi) is 23.3. The van der Waals surface area contributed by atoms with E-state index in [-0.39, 0.29) is 35.0 Å². The second-order valence-electron chi connectivity index (χ2n) is 15.2. The van der Waals surface area contributed by atoms with Gasteiger partial charge in [0.15, 0.2) is 0 Å². The molecule has 0 bridgehead atoms. The first kappa shape index (κ1) is 54.8. The number of halogens is 6. The molecule has 346 valence electrons. The molecule has 1 atom stereocenters. The van der Waals surface area contributed by atoms with Gasteiger partial charge in [-0.05, 0) is 117 Å². The molecule has 0 heterocycles. The molecule has 0 radical (unpaired) electrons. The normalized spacial score (nSPS) is 11.8. The van der Waals surface area contributed by atoms with Gasteiger partial charge in [0.1, 0.15) is 0 Å². The molecule has 3 aromatic rings. The number of benzene rings is 3. The Labute approximate surface area is 361 Å². The van der Waals surface area contributed by atoms with Crippen molar-refractivity contribution in [2.24, 2.45) is 0 Å². The molecular weight excluding hydrogens is 823 g/mol. The standard InChI is InChI=1S/C18H27F3N4.C14H22N2O2.C11H13F3N2O3/c1-23(2)9-5-11-25(12-6-10-24(3)4)16-8-7-15(14-22)17(13-16)18(19,20)21;1-5-9-15(12(4)6-2)13-7-8-14(16(17)18)11(3)10-13;1-15(5-6-19-2)10-4-3-8(16(17)18)7-9(10)11(12,13)14/h7-8,13H,5-6,9-12H2,1-4H3;7-8,10,12H,5-6,9H2,1-4H3;3-4,7H,5-6H2,1-2H3. The lowest BCUT2D eigenvalue weighted by Gasteiger charge is -2.30. The second kappa shape index (κ2) is 26.3. The fraction of sp³-hybridized carbons (Fsp3) is 0.558. The molecule has 0 saturated carbocycles. The number of aryl methyl sites for hydroxylation is 1. The SMILES string of the molecule is CCCN(c1ccc([N+](=O)[O-])c(C)c1)C(C)CC.CN(C)CCCN(CCCN(C)C)c1ccc(C#N)c(C(F)(F)F)c1.COCCN(C)c1ccc([N+](=O)[O-])cc1C(F)(F)F. The lowest BCUT2D eigenvalue weighted by molar-refractivity contribution is -0.385. The number of likely N-dealkylation sites (N-methyl/N-ethyl adjacent to an activating group) is 1. The molecule has 0 fully saturated rings. The first-order chi connectivity index (χ1) is 28.9. The highest BCUT2D eigenvalue weighted by Gasteiger charge is 2.36. The van der Waals surface area contributed by atoms with Crippen molar-refractivity contribution in [3.8, 4) is 6.07 Å². The molecular formula is C43H62F6N8O5. The molecule has 0 aliphatic carbocycles. The van der Waals surface area contributed by atoms with Crippen LogP contribution < -0.4 is 14.7 Å². The summed E-state index contributed by atoms with van der Waals surface area (Å²) in [6.45, 7) is 12.9. The summed E-state index contributed by atoms with van der Waals surface area (Å²) in [6, 6.07) is 14.1. The van der Waals surface area contributed by atoms with Gasteiger partial charge in [-0.2, -0.15) is 31.6 Å². The number of rotatable bonds is 20. The Morgan fingerprint density at radius 2 is 1.31 bits per heavy atom. The molecule has 0 aromatic heterocycles. The van der Waals surface area contributed by atoms with Crippen LogP contribution >= 0.6 is 0 Å². The maximum Gasteiger partial charge on any atom is 0.418 e. The first-order valence-electron chi connectivity index (χ1n) is 20.2. The predicted molar refractivity (Wildman–Crippen MR) is 233 cm³/mol. The number of alkyl halides is 6. The van der Waals surface area contributed by atoms with Crippen LogP contribution in [0.5, 0.6) is 0 Å². The van der Waals surface area contributed by atoms with Crippen LogP contribution in [0.25, 0.3) is 0 Å². The summed E-state index contributed by atoms with van der Waals surface area (Å²) in [6.07, 6.45) is -5.33. The van der Waals surface area contributed by atoms with Crippen molar-refractivity contribution < 1.29 is 40.9 Å². The quantitative estimate of drug-likeness (QED) is 0.0610. The molecule has 0 N–H and O–H groups in total. The van der Waals surface area contributed by atoms with Crippen LogP contribution in [0.15, 0.2) is 54.6 Å². The van der Waals surface area contributed by atoms with Crippen LogP contribution in [0.2, 0.25) is 0 Å². The second-order valence-corrected chi connectivity index (χ2v) is 15.2. The fourth-order valence-electron chi connectivity index (χ4n) is 6.22. The zero-order valence-electron chi connectivity index (χ0n) is 37.4. The summed E-state index contributed by atoms with van der Waals surface area (Å²) in [5.74, 6) is 0. The van der Waals surface area contributed by atoms with Gasteiger partial charge >= 0.3 is 12.4 Å². The number of hydrogen-bond donors (Lipinski definition) is 0. The number of ether oxygens (including phenoxy) is 1. The van der Waals surface area contributed by atoms with Crippen molar-refractivity contribution in [3.05, 3.63) is 97.1 Å². The van der Waals surface area contributed by atoms with E-state index >= 15 is 0 Å². The van der Waals surface area contributed by atoms with Crippen molar-refractivity contribution >= 4 is 28.4 Å². The Bertz CT molecular complexity index is 1870. The predicted octanol–water partition coefficient (Wildman–Crippen LogP) is 9.90. The smallest absolute Gasteiger partial charge is 0.383 e. The maximum absolute atomic E-state index is 13.2. The molecule has 0 spiro atoms. The molecule has 0 aliphatic heterocycles. The zero-order chi connectivity index (χ0) is 47.4. The van der Waals surface area contributed by atoms with Gasteiger partial charge in [-0.3, -0.25) is 20.2 Å². The minimum absolute atomic E-state index is 0.116. The molecule has 0 aliphatic rings. The monoisotopic (exact) mass is 884 g/mol. The third kappa shape index (κ3) is 18.4. The van der Waals surface area contributed by atoms with E-state index in [2.05, 4.69) is 35.5 Å². The van der Waals surface area contributed by atoms with E-state index in [1.54, 1.807) is 25.1 Å². The van der Waals surface area contributed by atoms with Gasteiger partial charge in [0.2, 0.25) is 0 Å². The fourth-order valence-corrected chi connectivity index (χ4v) is 6.22. The van der Waals surface area contributed by atoms with Crippen LogP contribution in [0, 0.1) is 38.5 Å². The van der Waals surface area contributed by atoms with Gasteiger partial charge in [-0.1, -0.05) is 13.8 Å². The molecule has 62 heavy (non-hydrogen) atoms. The van der Waals surface area contributed by atoms with Gasteiger partial charge in [0.25, 0.3) is 11.4 Å². The number of anilines is 3. The number of methoxy groups -OCH3 is 1. The van der Waals surface area contributed by atoms with Gasteiger partial charge in [-0.15, -0.1) is 0 Å². The van der Waals surface area contributed by atoms with E-state index in [0.717, 1.165) is 74.8 Å². The molecule has 3 rings (SSSR count). The highest BCUT2D eigenvalue weighted by atomic mass is 19.4. The number of nitriles is 1. The highest BCUT2D eigenvalue weighted by molar-refractivity contribution is 5.59. The Hall–Kier alpha value is -5.19. The molecule has 13 nitrogen and oxygen atoms in total. The van der Waals surface area contributed by atoms with Crippen molar-refractivity contribution in [1.29, 1.82) is 5.26 Å². The summed E-state index contributed by atoms with van der Waals surface area (Å²) < 4.78 is 83.1. The lowest BCUT2D eigenvalue weighted by atomic mass is 10.1. The van der Waals surface area contributed by atoms with Crippen molar-refractivity contribution in [3.63, 3.8) is 0 Å². The average molecular weight is 885 g/mol. The van der Waals surface area contributed by atoms with E-state index in [1.165, 1.54) is 25.1 Å². The third-order valence-corrected chi connectivity index (χ3v) is 9.70. The van der Waals surface area contributed by atoms with E-state index < -0.39 is 34.1 Å². The Morgan fingerprint density at radius 1 is 0.742 bits per heavy atom. The van der Waals surface area contributed by atoms with E-state index in [0.29, 0.717) is 30.9 Å². The first-order valence-corrected chi connectivity index (χ1v) is 20.2. The zero-order valence-corrected chi connectivity index (χ0v) is 37.4. The summed E-state index contributed by atoms with van der Waals surface area (Å²) >= 11 is 0. The minimum atomic E-state index is -4.65. The number of nitro benzene ring substituents is 2. The number of non-ortho nitro benzene ring substituents is 1. The molecule has 0 amide bonds. The summed E-state index contributed by atoms with van der Waals surface area (Å²) in [5.41, 5.74) is -0.415. The van der Waals surface area contributed by atoms with Gasteiger partial charge in [0, 0.05) is 87.2 Å². The largest absolute Gasteiger partial charge is 0.418 e. The van der Waals surface area contributed by atoms with E-state index in [4.69, 9.17) is 10.00 Å². The van der Waals surface area contributed by atoms with Crippen molar-refractivity contribution in [1.82, 2.24) is 9.80 Å². The van der Waals surface area contributed by atoms with Crippen molar-refractivity contribution in [2.75, 3.05) is 103 Å². The molecule has 0 saturated heterocycles. The van der Waals surface area contributed by atoms with Gasteiger partial charge in [0.05, 0.1) is 39.2 Å². The molecule has 1 unspecified atom stereocenters. The van der Waals surface area contributed by atoms with Crippen molar-refractivity contribution in [2.45, 2.75) is 71.8 Å². The van der Waals surface area contributed by atoms with E-state index in [9.17, 15) is 46.6 Å². The lowest BCUT2D eigenvalue weighted by Crippen LogP contribution is -2.33. The van der Waals surface area contributed by atoms with Gasteiger partial charge < -0.3 is 29.2 Å². The van der Waals surface area contributed by atoms with Crippen LogP contribution in [-0.2, 0) is 17.1 Å². The number of nitrogens with zero attached hydrogens (tertiary/aromatic N) is 8. The molecule has 3 aromatic carbocycles. The topological polar surface area (TPSA) is 136 Å².